The standard InChI is InChI=1S/C13H15N5O3/c1-9(19)17-7-12(20)18-5-2-10(8-18)21-13-11(6-14)15-3-4-16-13/h3-4,10H,2,5,7-8H2,1H3,(H,17,19)/t10-/m0/s1. The molecule has 2 amide bonds. The third kappa shape index (κ3) is 3.89. The van der Waals surface area contributed by atoms with Crippen molar-refractivity contribution in [2.24, 2.45) is 0 Å². The van der Waals surface area contributed by atoms with Crippen LogP contribution in [-0.4, -0.2) is 52.4 Å². The molecular formula is C13H15N5O3. The number of likely N-dealkylation sites (tertiary alicyclic amines) is 1. The van der Waals surface area contributed by atoms with Crippen LogP contribution in [0.2, 0.25) is 0 Å². The monoisotopic (exact) mass is 289 g/mol. The number of carbonyl (C=O) groups excluding carboxylic acids is 2. The van der Waals surface area contributed by atoms with Crippen LogP contribution in [0.1, 0.15) is 19.0 Å². The number of aromatic nitrogens is 2. The molecule has 0 radical (unpaired) electrons. The van der Waals surface area contributed by atoms with Gasteiger partial charge < -0.3 is 15.0 Å². The van der Waals surface area contributed by atoms with Gasteiger partial charge in [0, 0.05) is 32.3 Å². The molecule has 1 N–H and O–H groups in total. The molecular weight excluding hydrogens is 274 g/mol. The minimum absolute atomic E-state index is 0.0172. The second kappa shape index (κ2) is 6.65. The fourth-order valence-electron chi connectivity index (χ4n) is 2.01. The maximum absolute atomic E-state index is 11.8. The van der Waals surface area contributed by atoms with Gasteiger partial charge in [0.1, 0.15) is 12.2 Å². The van der Waals surface area contributed by atoms with Gasteiger partial charge in [-0.15, -0.1) is 0 Å². The summed E-state index contributed by atoms with van der Waals surface area (Å²) in [6.45, 7) is 2.29. The molecule has 0 bridgehead atoms. The fourth-order valence-corrected chi connectivity index (χ4v) is 2.01. The normalized spacial score (nSPS) is 17.1. The lowest BCUT2D eigenvalue weighted by atomic mass is 10.3. The van der Waals surface area contributed by atoms with Crippen LogP contribution in [-0.2, 0) is 9.59 Å². The van der Waals surface area contributed by atoms with Crippen LogP contribution < -0.4 is 10.1 Å². The number of rotatable bonds is 4. The average Bonchev–Trinajstić information content (AvgIpc) is 2.94. The van der Waals surface area contributed by atoms with E-state index in [1.165, 1.54) is 19.3 Å². The van der Waals surface area contributed by atoms with Gasteiger partial charge >= 0.3 is 0 Å². The van der Waals surface area contributed by atoms with Crippen LogP contribution in [0.15, 0.2) is 12.4 Å². The van der Waals surface area contributed by atoms with Crippen LogP contribution in [0.5, 0.6) is 5.88 Å². The van der Waals surface area contributed by atoms with Gasteiger partial charge in [-0.2, -0.15) is 5.26 Å². The summed E-state index contributed by atoms with van der Waals surface area (Å²) in [6.07, 6.45) is 3.29. The average molecular weight is 289 g/mol. The smallest absolute Gasteiger partial charge is 0.251 e. The minimum Gasteiger partial charge on any atom is -0.470 e. The SMILES string of the molecule is CC(=O)NCC(=O)N1CC[C@H](Oc2nccnc2C#N)C1. The predicted octanol–water partition coefficient (Wildman–Crippen LogP) is -0.536. The Balaban J connectivity index is 1.89. The van der Waals surface area contributed by atoms with E-state index in [0.717, 1.165) is 0 Å². The van der Waals surface area contributed by atoms with Crippen molar-refractivity contribution < 1.29 is 14.3 Å². The largest absolute Gasteiger partial charge is 0.470 e. The summed E-state index contributed by atoms with van der Waals surface area (Å²) in [4.78, 5) is 32.1. The van der Waals surface area contributed by atoms with Crippen molar-refractivity contribution in [3.63, 3.8) is 0 Å². The van der Waals surface area contributed by atoms with Gasteiger partial charge in [0.2, 0.25) is 17.5 Å². The summed E-state index contributed by atoms with van der Waals surface area (Å²) in [5, 5.41) is 11.4. The van der Waals surface area contributed by atoms with Crippen molar-refractivity contribution in [1.29, 1.82) is 5.26 Å². The molecule has 1 saturated heterocycles. The fraction of sp³-hybridized carbons (Fsp3) is 0.462. The number of ether oxygens (including phenoxy) is 1. The van der Waals surface area contributed by atoms with Crippen LogP contribution in [0, 0.1) is 11.3 Å². The van der Waals surface area contributed by atoms with E-state index in [-0.39, 0.29) is 36.0 Å². The number of nitriles is 1. The first-order chi connectivity index (χ1) is 10.1. The molecule has 8 heteroatoms. The van der Waals surface area contributed by atoms with Crippen molar-refractivity contribution in [2.75, 3.05) is 19.6 Å². The van der Waals surface area contributed by atoms with Crippen molar-refractivity contribution >= 4 is 11.8 Å². The predicted molar refractivity (Wildman–Crippen MR) is 71.0 cm³/mol. The molecule has 0 aliphatic carbocycles. The Labute approximate surface area is 121 Å². The van der Waals surface area contributed by atoms with Gasteiger partial charge in [-0.05, 0) is 0 Å². The highest BCUT2D eigenvalue weighted by molar-refractivity contribution is 5.83. The van der Waals surface area contributed by atoms with Crippen LogP contribution in [0.3, 0.4) is 0 Å². The van der Waals surface area contributed by atoms with Gasteiger partial charge in [-0.25, -0.2) is 9.97 Å². The van der Waals surface area contributed by atoms with E-state index in [9.17, 15) is 9.59 Å². The van der Waals surface area contributed by atoms with Gasteiger partial charge in [-0.3, -0.25) is 9.59 Å². The topological polar surface area (TPSA) is 108 Å². The number of hydrogen-bond donors (Lipinski definition) is 1. The molecule has 1 atom stereocenters. The summed E-state index contributed by atoms with van der Waals surface area (Å²) >= 11 is 0. The van der Waals surface area contributed by atoms with Gasteiger partial charge in [0.25, 0.3) is 5.88 Å². The molecule has 21 heavy (non-hydrogen) atoms. The lowest BCUT2D eigenvalue weighted by molar-refractivity contribution is -0.131. The number of nitrogens with zero attached hydrogens (tertiary/aromatic N) is 4. The van der Waals surface area contributed by atoms with Gasteiger partial charge in [0.05, 0.1) is 13.1 Å². The quantitative estimate of drug-likeness (QED) is 0.797. The first-order valence-corrected chi connectivity index (χ1v) is 6.50. The van der Waals surface area contributed by atoms with Crippen molar-refractivity contribution in [3.05, 3.63) is 18.1 Å². The molecule has 8 nitrogen and oxygen atoms in total. The Hall–Kier alpha value is -2.69. The first kappa shape index (κ1) is 14.7. The summed E-state index contributed by atoms with van der Waals surface area (Å²) in [5.41, 5.74) is 0.125. The van der Waals surface area contributed by atoms with E-state index in [4.69, 9.17) is 10.00 Å². The second-order valence-corrected chi connectivity index (χ2v) is 4.60. The number of nitrogens with one attached hydrogen (secondary N) is 1. The Morgan fingerprint density at radius 3 is 3.00 bits per heavy atom. The first-order valence-electron chi connectivity index (χ1n) is 6.50. The zero-order valence-electron chi connectivity index (χ0n) is 11.6. The zero-order chi connectivity index (χ0) is 15.2. The van der Waals surface area contributed by atoms with E-state index < -0.39 is 0 Å². The van der Waals surface area contributed by atoms with E-state index in [1.807, 2.05) is 6.07 Å². The van der Waals surface area contributed by atoms with Crippen molar-refractivity contribution in [3.8, 4) is 11.9 Å². The molecule has 0 unspecified atom stereocenters. The third-order valence-electron chi connectivity index (χ3n) is 3.04. The Morgan fingerprint density at radius 1 is 1.52 bits per heavy atom. The lowest BCUT2D eigenvalue weighted by Gasteiger charge is -2.17. The van der Waals surface area contributed by atoms with Gasteiger partial charge in [-0.1, -0.05) is 0 Å². The summed E-state index contributed by atoms with van der Waals surface area (Å²) < 4.78 is 5.63. The molecule has 1 fully saturated rings. The molecule has 1 aliphatic rings. The highest BCUT2D eigenvalue weighted by Gasteiger charge is 2.28. The van der Waals surface area contributed by atoms with Crippen molar-refractivity contribution in [2.45, 2.75) is 19.4 Å². The highest BCUT2D eigenvalue weighted by Crippen LogP contribution is 2.18. The Bertz CT molecular complexity index is 583. The zero-order valence-corrected chi connectivity index (χ0v) is 11.6. The summed E-state index contributed by atoms with van der Waals surface area (Å²) in [5.74, 6) is -0.217. The number of amides is 2. The Morgan fingerprint density at radius 2 is 2.29 bits per heavy atom. The molecule has 0 aromatic carbocycles. The molecule has 1 aliphatic heterocycles. The molecule has 1 aromatic heterocycles. The third-order valence-corrected chi connectivity index (χ3v) is 3.04. The maximum atomic E-state index is 11.8. The summed E-state index contributed by atoms with van der Waals surface area (Å²) in [6, 6.07) is 1.91. The molecule has 0 saturated carbocycles. The Kier molecular flexibility index (Phi) is 4.66. The number of carbonyl (C=O) groups is 2. The molecule has 2 rings (SSSR count). The van der Waals surface area contributed by atoms with E-state index in [1.54, 1.807) is 4.90 Å². The molecule has 0 spiro atoms. The van der Waals surface area contributed by atoms with Crippen molar-refractivity contribution in [1.82, 2.24) is 20.2 Å². The van der Waals surface area contributed by atoms with Crippen LogP contribution in [0.4, 0.5) is 0 Å². The molecule has 110 valence electrons. The van der Waals surface area contributed by atoms with Crippen LogP contribution in [0.25, 0.3) is 0 Å². The molecule has 2 heterocycles. The second-order valence-electron chi connectivity index (χ2n) is 4.60. The van der Waals surface area contributed by atoms with E-state index in [2.05, 4.69) is 15.3 Å². The molecule has 1 aromatic rings. The van der Waals surface area contributed by atoms with E-state index in [0.29, 0.717) is 19.5 Å². The highest BCUT2D eigenvalue weighted by atomic mass is 16.5. The summed E-state index contributed by atoms with van der Waals surface area (Å²) in [7, 11) is 0. The van der Waals surface area contributed by atoms with Gasteiger partial charge in [0.15, 0.2) is 0 Å². The maximum Gasteiger partial charge on any atom is 0.251 e. The lowest BCUT2D eigenvalue weighted by Crippen LogP contribution is -2.39. The van der Waals surface area contributed by atoms with E-state index >= 15 is 0 Å². The minimum atomic E-state index is -0.242. The number of hydrogen-bond acceptors (Lipinski definition) is 6. The van der Waals surface area contributed by atoms with Crippen LogP contribution >= 0.6 is 0 Å².